The fourth-order valence-corrected chi connectivity index (χ4v) is 2.86. The Kier molecular flexibility index (Phi) is 6.02. The molecule has 0 atom stereocenters. The lowest BCUT2D eigenvalue weighted by Crippen LogP contribution is -2.36. The average molecular weight is 298 g/mol. The van der Waals surface area contributed by atoms with Crippen molar-refractivity contribution in [3.63, 3.8) is 0 Å². The summed E-state index contributed by atoms with van der Waals surface area (Å²) in [5.74, 6) is 0.190. The van der Waals surface area contributed by atoms with Crippen molar-refractivity contribution in [1.82, 2.24) is 4.90 Å². The summed E-state index contributed by atoms with van der Waals surface area (Å²) in [5.41, 5.74) is 7.75. The minimum Gasteiger partial charge on any atom is -0.398 e. The molecule has 0 bridgehead atoms. The Labute approximate surface area is 122 Å². The van der Waals surface area contributed by atoms with Gasteiger partial charge in [0.2, 0.25) is 0 Å². The molecule has 0 amide bonds. The smallest absolute Gasteiger partial charge is 0.153 e. The van der Waals surface area contributed by atoms with Crippen molar-refractivity contribution in [2.45, 2.75) is 45.5 Å². The number of sulfone groups is 1. The van der Waals surface area contributed by atoms with Gasteiger partial charge < -0.3 is 5.73 Å². The van der Waals surface area contributed by atoms with Crippen LogP contribution in [0.15, 0.2) is 24.3 Å². The summed E-state index contributed by atoms with van der Waals surface area (Å²) in [6, 6.07) is 7.99. The monoisotopic (exact) mass is 298 g/mol. The minimum atomic E-state index is -3.00. The van der Waals surface area contributed by atoms with Gasteiger partial charge in [-0.25, -0.2) is 8.42 Å². The molecule has 0 spiro atoms. The van der Waals surface area contributed by atoms with Crippen molar-refractivity contribution < 1.29 is 8.42 Å². The first-order valence-corrected chi connectivity index (χ1v) is 8.74. The van der Waals surface area contributed by atoms with E-state index in [-0.39, 0.29) is 17.0 Å². The van der Waals surface area contributed by atoms with E-state index in [1.54, 1.807) is 13.8 Å². The molecule has 114 valence electrons. The van der Waals surface area contributed by atoms with Gasteiger partial charge in [-0.05, 0) is 39.3 Å². The van der Waals surface area contributed by atoms with Gasteiger partial charge in [0.1, 0.15) is 0 Å². The number of nitrogens with zero attached hydrogens (tertiary/aromatic N) is 1. The highest BCUT2D eigenvalue weighted by atomic mass is 32.2. The van der Waals surface area contributed by atoms with Crippen LogP contribution in [0.4, 0.5) is 5.69 Å². The molecule has 1 rings (SSSR count). The molecule has 0 saturated carbocycles. The van der Waals surface area contributed by atoms with Crippen LogP contribution in [0.25, 0.3) is 0 Å². The summed E-state index contributed by atoms with van der Waals surface area (Å²) in [7, 11) is -3.00. The predicted octanol–water partition coefficient (Wildman–Crippen LogP) is 2.30. The van der Waals surface area contributed by atoms with Crippen molar-refractivity contribution in [3.05, 3.63) is 29.8 Å². The average Bonchev–Trinajstić information content (AvgIpc) is 2.35. The van der Waals surface area contributed by atoms with Gasteiger partial charge in [0.15, 0.2) is 9.84 Å². The molecule has 5 heteroatoms. The third-order valence-electron chi connectivity index (χ3n) is 3.54. The zero-order chi connectivity index (χ0) is 15.3. The van der Waals surface area contributed by atoms with E-state index < -0.39 is 9.84 Å². The lowest BCUT2D eigenvalue weighted by Gasteiger charge is -2.27. The SMILES string of the molecule is CC(C)N(CCS(=O)(=O)C(C)C)Cc1ccccc1N. The number of hydrogen-bond acceptors (Lipinski definition) is 4. The Morgan fingerprint density at radius 2 is 1.75 bits per heavy atom. The quantitative estimate of drug-likeness (QED) is 0.785. The molecular weight excluding hydrogens is 272 g/mol. The predicted molar refractivity (Wildman–Crippen MR) is 85.3 cm³/mol. The zero-order valence-corrected chi connectivity index (χ0v) is 13.7. The van der Waals surface area contributed by atoms with Crippen molar-refractivity contribution in [1.29, 1.82) is 0 Å². The van der Waals surface area contributed by atoms with E-state index in [4.69, 9.17) is 5.73 Å². The fourth-order valence-electron chi connectivity index (χ4n) is 1.90. The van der Waals surface area contributed by atoms with E-state index in [0.29, 0.717) is 13.1 Å². The third kappa shape index (κ3) is 4.80. The largest absolute Gasteiger partial charge is 0.398 e. The second-order valence-electron chi connectivity index (χ2n) is 5.68. The number of hydrogen-bond donors (Lipinski definition) is 1. The number of para-hydroxylation sites is 1. The highest BCUT2D eigenvalue weighted by Gasteiger charge is 2.19. The zero-order valence-electron chi connectivity index (χ0n) is 12.8. The van der Waals surface area contributed by atoms with E-state index in [9.17, 15) is 8.42 Å². The maximum atomic E-state index is 11.9. The first kappa shape index (κ1) is 17.0. The van der Waals surface area contributed by atoms with Crippen LogP contribution in [-0.4, -0.2) is 36.9 Å². The van der Waals surface area contributed by atoms with Crippen LogP contribution in [0.5, 0.6) is 0 Å². The van der Waals surface area contributed by atoms with Gasteiger partial charge in [0, 0.05) is 24.8 Å². The molecule has 0 aromatic heterocycles. The van der Waals surface area contributed by atoms with Crippen molar-refractivity contribution in [2.24, 2.45) is 0 Å². The first-order valence-electron chi connectivity index (χ1n) is 7.03. The Morgan fingerprint density at radius 1 is 1.15 bits per heavy atom. The van der Waals surface area contributed by atoms with Gasteiger partial charge in [0.25, 0.3) is 0 Å². The molecule has 0 radical (unpaired) electrons. The molecule has 0 unspecified atom stereocenters. The Hall–Kier alpha value is -1.07. The lowest BCUT2D eigenvalue weighted by atomic mass is 10.1. The van der Waals surface area contributed by atoms with Crippen LogP contribution < -0.4 is 5.73 Å². The molecule has 1 aromatic rings. The van der Waals surface area contributed by atoms with Gasteiger partial charge in [-0.1, -0.05) is 18.2 Å². The standard InChI is InChI=1S/C15H26N2O2S/c1-12(2)17(9-10-20(18,19)13(3)4)11-14-7-5-6-8-15(14)16/h5-8,12-13H,9-11,16H2,1-4H3. The second-order valence-corrected chi connectivity index (χ2v) is 8.36. The van der Waals surface area contributed by atoms with E-state index in [0.717, 1.165) is 11.3 Å². The number of nitrogens with two attached hydrogens (primary N) is 1. The minimum absolute atomic E-state index is 0.190. The maximum Gasteiger partial charge on any atom is 0.153 e. The molecule has 0 aliphatic heterocycles. The maximum absolute atomic E-state index is 11.9. The molecule has 0 aliphatic carbocycles. The Morgan fingerprint density at radius 3 is 2.25 bits per heavy atom. The van der Waals surface area contributed by atoms with Crippen molar-refractivity contribution >= 4 is 15.5 Å². The summed E-state index contributed by atoms with van der Waals surface area (Å²) in [4.78, 5) is 2.14. The Balaban J connectivity index is 2.74. The molecule has 1 aromatic carbocycles. The summed E-state index contributed by atoms with van der Waals surface area (Å²) < 4.78 is 23.9. The van der Waals surface area contributed by atoms with Crippen LogP contribution in [0.2, 0.25) is 0 Å². The normalized spacial score (nSPS) is 12.6. The molecule has 0 heterocycles. The van der Waals surface area contributed by atoms with Crippen LogP contribution in [-0.2, 0) is 16.4 Å². The van der Waals surface area contributed by atoms with Gasteiger partial charge in [0.05, 0.1) is 11.0 Å². The highest BCUT2D eigenvalue weighted by Crippen LogP contribution is 2.15. The van der Waals surface area contributed by atoms with Gasteiger partial charge in [-0.2, -0.15) is 0 Å². The molecule has 0 saturated heterocycles. The summed E-state index contributed by atoms with van der Waals surface area (Å²) in [6.45, 7) is 8.81. The number of rotatable bonds is 7. The lowest BCUT2D eigenvalue weighted by molar-refractivity contribution is 0.226. The molecular formula is C15H26N2O2S. The summed E-state index contributed by atoms with van der Waals surface area (Å²) in [6.07, 6.45) is 0. The van der Waals surface area contributed by atoms with Crippen LogP contribution in [0, 0.1) is 0 Å². The van der Waals surface area contributed by atoms with Crippen molar-refractivity contribution in [2.75, 3.05) is 18.0 Å². The molecule has 2 N–H and O–H groups in total. The molecule has 0 aliphatic rings. The number of nitrogen functional groups attached to an aromatic ring is 1. The molecule has 4 nitrogen and oxygen atoms in total. The topological polar surface area (TPSA) is 63.4 Å². The Bertz CT molecular complexity index is 524. The van der Waals surface area contributed by atoms with Crippen LogP contribution in [0.3, 0.4) is 0 Å². The number of benzene rings is 1. The number of anilines is 1. The van der Waals surface area contributed by atoms with E-state index in [1.165, 1.54) is 0 Å². The van der Waals surface area contributed by atoms with Gasteiger partial charge >= 0.3 is 0 Å². The van der Waals surface area contributed by atoms with Crippen molar-refractivity contribution in [3.8, 4) is 0 Å². The summed E-state index contributed by atoms with van der Waals surface area (Å²) in [5, 5.41) is -0.321. The van der Waals surface area contributed by atoms with E-state index in [2.05, 4.69) is 18.7 Å². The van der Waals surface area contributed by atoms with Crippen LogP contribution >= 0.6 is 0 Å². The second kappa shape index (κ2) is 7.09. The summed E-state index contributed by atoms with van der Waals surface area (Å²) >= 11 is 0. The van der Waals surface area contributed by atoms with Gasteiger partial charge in [-0.3, -0.25) is 4.90 Å². The van der Waals surface area contributed by atoms with Crippen LogP contribution in [0.1, 0.15) is 33.3 Å². The molecule has 20 heavy (non-hydrogen) atoms. The highest BCUT2D eigenvalue weighted by molar-refractivity contribution is 7.92. The molecule has 0 fully saturated rings. The fraction of sp³-hybridized carbons (Fsp3) is 0.600. The van der Waals surface area contributed by atoms with E-state index >= 15 is 0 Å². The van der Waals surface area contributed by atoms with Gasteiger partial charge in [-0.15, -0.1) is 0 Å². The third-order valence-corrected chi connectivity index (χ3v) is 5.73. The first-order chi connectivity index (χ1) is 9.24. The van der Waals surface area contributed by atoms with E-state index in [1.807, 2.05) is 24.3 Å².